The Bertz CT molecular complexity index is 613. The summed E-state index contributed by atoms with van der Waals surface area (Å²) in [5, 5.41) is 19.2. The molecule has 0 aliphatic carbocycles. The van der Waals surface area contributed by atoms with Crippen LogP contribution in [0.15, 0.2) is 24.3 Å². The normalized spacial score (nSPS) is 16.9. The minimum absolute atomic E-state index is 0.551. The van der Waals surface area contributed by atoms with Crippen LogP contribution >= 0.6 is 11.6 Å². The minimum Gasteiger partial charge on any atom is -0.387 e. The van der Waals surface area contributed by atoms with E-state index in [2.05, 4.69) is 19.7 Å². The molecule has 0 amide bonds. The lowest BCUT2D eigenvalue weighted by Crippen LogP contribution is -2.36. The molecule has 1 N–H and O–H groups in total. The van der Waals surface area contributed by atoms with Crippen molar-refractivity contribution < 1.29 is 5.11 Å². The molecule has 1 aromatic carbocycles. The average Bonchev–Trinajstić information content (AvgIpc) is 2.80. The first-order valence-corrected chi connectivity index (χ1v) is 7.06. The zero-order valence-corrected chi connectivity index (χ0v) is 12.1. The van der Waals surface area contributed by atoms with Gasteiger partial charge >= 0.3 is 0 Å². The van der Waals surface area contributed by atoms with E-state index in [1.165, 1.54) is 0 Å². The number of benzene rings is 1. The van der Waals surface area contributed by atoms with Gasteiger partial charge in [0, 0.05) is 30.2 Å². The fourth-order valence-electron chi connectivity index (χ4n) is 2.60. The standard InChI is InChI=1S/C14H17ClN4O/c1-10-16-17-14-9-18(6-7-19(10)14)8-13(20)11-4-2-3-5-12(11)15/h2-5,13,20H,6-9H2,1H3. The third-order valence-corrected chi connectivity index (χ3v) is 4.06. The molecule has 6 heteroatoms. The van der Waals surface area contributed by atoms with Crippen molar-refractivity contribution in [3.8, 4) is 0 Å². The summed E-state index contributed by atoms with van der Waals surface area (Å²) in [5.74, 6) is 1.91. The Kier molecular flexibility index (Phi) is 3.74. The van der Waals surface area contributed by atoms with Crippen LogP contribution in [0.2, 0.25) is 5.02 Å². The molecule has 1 unspecified atom stereocenters. The maximum atomic E-state index is 10.3. The number of β-amino-alcohol motifs (C(OH)–C–C–N with tert-alkyl or cyclic N) is 1. The van der Waals surface area contributed by atoms with Gasteiger partial charge in [0.2, 0.25) is 0 Å². The maximum Gasteiger partial charge on any atom is 0.147 e. The van der Waals surface area contributed by atoms with E-state index in [4.69, 9.17) is 11.6 Å². The molecule has 1 aromatic heterocycles. The Balaban J connectivity index is 1.69. The van der Waals surface area contributed by atoms with Crippen molar-refractivity contribution in [3.05, 3.63) is 46.5 Å². The second-order valence-corrected chi connectivity index (χ2v) is 5.49. The molecule has 2 heterocycles. The topological polar surface area (TPSA) is 54.2 Å². The monoisotopic (exact) mass is 292 g/mol. The highest BCUT2D eigenvalue weighted by Gasteiger charge is 2.22. The lowest BCUT2D eigenvalue weighted by molar-refractivity contribution is 0.0961. The van der Waals surface area contributed by atoms with Gasteiger partial charge in [0.1, 0.15) is 11.6 Å². The lowest BCUT2D eigenvalue weighted by atomic mass is 10.1. The number of fused-ring (bicyclic) bond motifs is 1. The molecule has 2 aromatic rings. The fraction of sp³-hybridized carbons (Fsp3) is 0.429. The van der Waals surface area contributed by atoms with Crippen molar-refractivity contribution >= 4 is 11.6 Å². The Morgan fingerprint density at radius 1 is 1.30 bits per heavy atom. The zero-order chi connectivity index (χ0) is 14.1. The molecule has 0 saturated heterocycles. The molecule has 3 rings (SSSR count). The second-order valence-electron chi connectivity index (χ2n) is 5.09. The first kappa shape index (κ1) is 13.5. The number of rotatable bonds is 3. The van der Waals surface area contributed by atoms with E-state index in [0.717, 1.165) is 30.3 Å². The van der Waals surface area contributed by atoms with Crippen LogP contribution in [0.1, 0.15) is 23.3 Å². The maximum absolute atomic E-state index is 10.3. The Hall–Kier alpha value is -1.43. The summed E-state index contributed by atoms with van der Waals surface area (Å²) in [5.41, 5.74) is 0.775. The van der Waals surface area contributed by atoms with Crippen LogP contribution in [-0.4, -0.2) is 37.9 Å². The summed E-state index contributed by atoms with van der Waals surface area (Å²) in [7, 11) is 0. The number of aryl methyl sites for hydroxylation is 1. The smallest absolute Gasteiger partial charge is 0.147 e. The molecule has 1 aliphatic heterocycles. The zero-order valence-electron chi connectivity index (χ0n) is 11.3. The summed E-state index contributed by atoms with van der Waals surface area (Å²) < 4.78 is 2.12. The van der Waals surface area contributed by atoms with Gasteiger partial charge in [0.25, 0.3) is 0 Å². The molecule has 0 radical (unpaired) electrons. The molecule has 0 spiro atoms. The Labute approximate surface area is 122 Å². The number of halogens is 1. The summed E-state index contributed by atoms with van der Waals surface area (Å²) in [6.45, 7) is 4.97. The molecule has 0 saturated carbocycles. The predicted octanol–water partition coefficient (Wildman–Crippen LogP) is 1.79. The number of aliphatic hydroxyl groups excluding tert-OH is 1. The van der Waals surface area contributed by atoms with Crippen LogP contribution in [-0.2, 0) is 13.1 Å². The Morgan fingerprint density at radius 2 is 2.10 bits per heavy atom. The molecular weight excluding hydrogens is 276 g/mol. The van der Waals surface area contributed by atoms with E-state index in [1.54, 1.807) is 6.07 Å². The largest absolute Gasteiger partial charge is 0.387 e. The van der Waals surface area contributed by atoms with E-state index < -0.39 is 6.10 Å². The van der Waals surface area contributed by atoms with Crippen molar-refractivity contribution in [1.82, 2.24) is 19.7 Å². The molecular formula is C14H17ClN4O. The van der Waals surface area contributed by atoms with Gasteiger partial charge in [-0.2, -0.15) is 0 Å². The van der Waals surface area contributed by atoms with Gasteiger partial charge in [-0.3, -0.25) is 4.90 Å². The van der Waals surface area contributed by atoms with Gasteiger partial charge in [-0.15, -0.1) is 10.2 Å². The number of aliphatic hydroxyl groups is 1. The van der Waals surface area contributed by atoms with Gasteiger partial charge in [-0.1, -0.05) is 29.8 Å². The lowest BCUT2D eigenvalue weighted by Gasteiger charge is -2.29. The highest BCUT2D eigenvalue weighted by atomic mass is 35.5. The van der Waals surface area contributed by atoms with Crippen LogP contribution < -0.4 is 0 Å². The molecule has 0 fully saturated rings. The van der Waals surface area contributed by atoms with E-state index in [1.807, 2.05) is 25.1 Å². The summed E-state index contributed by atoms with van der Waals surface area (Å²) in [4.78, 5) is 2.18. The number of hydrogen-bond donors (Lipinski definition) is 1. The fourth-order valence-corrected chi connectivity index (χ4v) is 2.86. The molecule has 1 atom stereocenters. The van der Waals surface area contributed by atoms with Crippen LogP contribution in [0.4, 0.5) is 0 Å². The SMILES string of the molecule is Cc1nnc2n1CCN(CC(O)c1ccccc1Cl)C2. The molecule has 1 aliphatic rings. The van der Waals surface area contributed by atoms with Crippen molar-refractivity contribution in [3.63, 3.8) is 0 Å². The second kappa shape index (κ2) is 5.52. The van der Waals surface area contributed by atoms with Crippen molar-refractivity contribution in [2.24, 2.45) is 0 Å². The van der Waals surface area contributed by atoms with Crippen molar-refractivity contribution in [2.45, 2.75) is 26.1 Å². The summed E-state index contributed by atoms with van der Waals surface area (Å²) >= 11 is 6.12. The molecule has 106 valence electrons. The first-order chi connectivity index (χ1) is 9.65. The first-order valence-electron chi connectivity index (χ1n) is 6.68. The summed E-state index contributed by atoms with van der Waals surface area (Å²) in [6, 6.07) is 7.42. The van der Waals surface area contributed by atoms with Gasteiger partial charge in [-0.25, -0.2) is 0 Å². The van der Waals surface area contributed by atoms with E-state index in [-0.39, 0.29) is 0 Å². The van der Waals surface area contributed by atoms with Crippen molar-refractivity contribution in [2.75, 3.05) is 13.1 Å². The van der Waals surface area contributed by atoms with Crippen LogP contribution in [0.5, 0.6) is 0 Å². The minimum atomic E-state index is -0.584. The number of nitrogens with zero attached hydrogens (tertiary/aromatic N) is 4. The summed E-state index contributed by atoms with van der Waals surface area (Å²) in [6.07, 6.45) is -0.584. The van der Waals surface area contributed by atoms with Gasteiger partial charge in [-0.05, 0) is 13.0 Å². The van der Waals surface area contributed by atoms with Crippen LogP contribution in [0.25, 0.3) is 0 Å². The quantitative estimate of drug-likeness (QED) is 0.937. The van der Waals surface area contributed by atoms with E-state index in [9.17, 15) is 5.11 Å². The van der Waals surface area contributed by atoms with E-state index in [0.29, 0.717) is 18.1 Å². The van der Waals surface area contributed by atoms with Crippen molar-refractivity contribution in [1.29, 1.82) is 0 Å². The van der Waals surface area contributed by atoms with Crippen LogP contribution in [0.3, 0.4) is 0 Å². The highest BCUT2D eigenvalue weighted by molar-refractivity contribution is 6.31. The van der Waals surface area contributed by atoms with Crippen LogP contribution in [0, 0.1) is 6.92 Å². The number of aromatic nitrogens is 3. The highest BCUT2D eigenvalue weighted by Crippen LogP contribution is 2.24. The molecule has 0 bridgehead atoms. The molecule has 5 nitrogen and oxygen atoms in total. The van der Waals surface area contributed by atoms with Gasteiger partial charge in [0.15, 0.2) is 0 Å². The van der Waals surface area contributed by atoms with E-state index >= 15 is 0 Å². The Morgan fingerprint density at radius 3 is 2.90 bits per heavy atom. The third kappa shape index (κ3) is 2.57. The molecule has 20 heavy (non-hydrogen) atoms. The third-order valence-electron chi connectivity index (χ3n) is 3.71. The van der Waals surface area contributed by atoms with Gasteiger partial charge in [0.05, 0.1) is 12.6 Å². The predicted molar refractivity (Wildman–Crippen MR) is 76.4 cm³/mol. The average molecular weight is 293 g/mol. The number of hydrogen-bond acceptors (Lipinski definition) is 4. The van der Waals surface area contributed by atoms with Gasteiger partial charge < -0.3 is 9.67 Å².